The molecule has 5 rings (SSSR count). The Balaban J connectivity index is 1.27. The zero-order valence-electron chi connectivity index (χ0n) is 23.4. The highest BCUT2D eigenvalue weighted by Crippen LogP contribution is 2.30. The number of hydrogen-bond acceptors (Lipinski definition) is 11. The number of carbonyl (C=O) groups excluding carboxylic acids is 1. The number of amides is 1. The Labute approximate surface area is 242 Å². The third-order valence-corrected chi connectivity index (χ3v) is 6.85. The summed E-state index contributed by atoms with van der Waals surface area (Å²) in [6, 6.07) is 12.6. The van der Waals surface area contributed by atoms with E-state index < -0.39 is 0 Å². The highest BCUT2D eigenvalue weighted by Gasteiger charge is 2.17. The summed E-state index contributed by atoms with van der Waals surface area (Å²) in [5.74, 6) is 1.58. The van der Waals surface area contributed by atoms with Crippen LogP contribution in [0.15, 0.2) is 55.1 Å². The molecule has 0 saturated carbocycles. The molecule has 216 valence electrons. The first-order valence-electron chi connectivity index (χ1n) is 13.6. The molecule has 2 N–H and O–H groups in total. The first kappa shape index (κ1) is 28.4. The number of tetrazole rings is 1. The monoisotopic (exact) mass is 569 g/mol. The van der Waals surface area contributed by atoms with Gasteiger partial charge in [-0.05, 0) is 72.0 Å². The number of benzene rings is 2. The van der Waals surface area contributed by atoms with E-state index in [1.54, 1.807) is 54.5 Å². The minimum atomic E-state index is -0.284. The summed E-state index contributed by atoms with van der Waals surface area (Å²) in [6.07, 6.45) is 6.45. The average Bonchev–Trinajstić information content (AvgIpc) is 3.53. The topological polar surface area (TPSA) is 162 Å². The number of aromatic nitrogens is 6. The van der Waals surface area contributed by atoms with Crippen molar-refractivity contribution in [1.82, 2.24) is 35.5 Å². The van der Waals surface area contributed by atoms with Gasteiger partial charge in [0.25, 0.3) is 5.91 Å². The maximum Gasteiger partial charge on any atom is 0.251 e. The average molecular weight is 570 g/mol. The van der Waals surface area contributed by atoms with Crippen molar-refractivity contribution in [3.05, 3.63) is 66.2 Å². The zero-order chi connectivity index (χ0) is 29.3. The van der Waals surface area contributed by atoms with Crippen molar-refractivity contribution in [3.63, 3.8) is 0 Å². The van der Waals surface area contributed by atoms with Crippen molar-refractivity contribution in [2.24, 2.45) is 5.92 Å². The Bertz CT molecular complexity index is 1530. The SMILES string of the molecule is COc1ccc(C(=O)NCC2CCOCC2)cc1Nc1ncc(-c2ccc(C#N)c(OC(C)Cn3cnnn3)c2)cn1. The second-order valence-corrected chi connectivity index (χ2v) is 9.88. The summed E-state index contributed by atoms with van der Waals surface area (Å²) in [4.78, 5) is 21.7. The van der Waals surface area contributed by atoms with Crippen molar-refractivity contribution in [2.45, 2.75) is 32.4 Å². The third-order valence-electron chi connectivity index (χ3n) is 6.85. The van der Waals surface area contributed by atoms with Gasteiger partial charge in [0, 0.05) is 43.3 Å². The van der Waals surface area contributed by atoms with E-state index in [0.717, 1.165) is 37.2 Å². The molecule has 3 heterocycles. The van der Waals surface area contributed by atoms with Crippen LogP contribution in [0.3, 0.4) is 0 Å². The largest absolute Gasteiger partial charge is 0.495 e. The van der Waals surface area contributed by atoms with Gasteiger partial charge in [-0.2, -0.15) is 5.26 Å². The van der Waals surface area contributed by atoms with Gasteiger partial charge in [0.15, 0.2) is 0 Å². The lowest BCUT2D eigenvalue weighted by atomic mass is 10.0. The molecule has 1 amide bonds. The van der Waals surface area contributed by atoms with Crippen LogP contribution in [0.4, 0.5) is 11.6 Å². The standard InChI is InChI=1S/C29H31N9O4/c1-19(17-38-18-34-36-37-38)42-27-12-21(3-4-23(27)13-30)24-15-32-29(33-16-24)35-25-11-22(5-6-26(25)40-2)28(39)31-14-20-7-9-41-10-8-20/h3-6,11-12,15-16,18-20H,7-10,14,17H2,1-2H3,(H,31,39)(H,32,33,35). The third kappa shape index (κ3) is 7.15. The van der Waals surface area contributed by atoms with E-state index in [1.165, 1.54) is 6.33 Å². The van der Waals surface area contributed by atoms with E-state index in [-0.39, 0.29) is 12.0 Å². The Kier molecular flexibility index (Phi) is 9.15. The Hall–Kier alpha value is -5.09. The molecule has 1 fully saturated rings. The van der Waals surface area contributed by atoms with Gasteiger partial charge in [0.1, 0.15) is 30.0 Å². The predicted octanol–water partition coefficient (Wildman–Crippen LogP) is 3.38. The number of rotatable bonds is 11. The van der Waals surface area contributed by atoms with Crippen LogP contribution in [-0.2, 0) is 11.3 Å². The quantitative estimate of drug-likeness (QED) is 0.272. The molecule has 1 saturated heterocycles. The fourth-order valence-electron chi connectivity index (χ4n) is 4.57. The van der Waals surface area contributed by atoms with E-state index in [9.17, 15) is 10.1 Å². The van der Waals surface area contributed by atoms with Gasteiger partial charge in [0.2, 0.25) is 5.95 Å². The number of nitriles is 1. The normalized spacial score (nSPS) is 14.0. The van der Waals surface area contributed by atoms with E-state index in [2.05, 4.69) is 42.2 Å². The molecule has 13 heteroatoms. The molecule has 1 unspecified atom stereocenters. The highest BCUT2D eigenvalue weighted by molar-refractivity contribution is 5.95. The molecule has 2 aromatic heterocycles. The molecular weight excluding hydrogens is 538 g/mol. The molecule has 1 atom stereocenters. The molecule has 13 nitrogen and oxygen atoms in total. The first-order valence-corrected chi connectivity index (χ1v) is 13.6. The lowest BCUT2D eigenvalue weighted by Gasteiger charge is -2.22. The van der Waals surface area contributed by atoms with E-state index >= 15 is 0 Å². The summed E-state index contributed by atoms with van der Waals surface area (Å²) in [5, 5.41) is 26.8. The molecule has 0 spiro atoms. The maximum absolute atomic E-state index is 12.8. The molecule has 1 aliphatic heterocycles. The number of hydrogen-bond donors (Lipinski definition) is 2. The Morgan fingerprint density at radius 3 is 2.67 bits per heavy atom. The molecule has 42 heavy (non-hydrogen) atoms. The first-order chi connectivity index (χ1) is 20.5. The highest BCUT2D eigenvalue weighted by atomic mass is 16.5. The number of anilines is 2. The predicted molar refractivity (Wildman–Crippen MR) is 152 cm³/mol. The molecule has 1 aliphatic rings. The number of carbonyl (C=O) groups is 1. The summed E-state index contributed by atoms with van der Waals surface area (Å²) >= 11 is 0. The molecule has 2 aromatic carbocycles. The summed E-state index contributed by atoms with van der Waals surface area (Å²) in [5.41, 5.74) is 2.99. The van der Waals surface area contributed by atoms with Crippen LogP contribution in [-0.4, -0.2) is 69.1 Å². The van der Waals surface area contributed by atoms with Gasteiger partial charge in [-0.15, -0.1) is 5.10 Å². The Morgan fingerprint density at radius 1 is 1.14 bits per heavy atom. The fourth-order valence-corrected chi connectivity index (χ4v) is 4.57. The van der Waals surface area contributed by atoms with E-state index in [4.69, 9.17) is 14.2 Å². The summed E-state index contributed by atoms with van der Waals surface area (Å²) in [7, 11) is 1.56. The van der Waals surface area contributed by atoms with Crippen molar-refractivity contribution in [1.29, 1.82) is 5.26 Å². The fraction of sp³-hybridized carbons (Fsp3) is 0.345. The number of nitrogens with one attached hydrogen (secondary N) is 2. The van der Waals surface area contributed by atoms with Crippen LogP contribution >= 0.6 is 0 Å². The second-order valence-electron chi connectivity index (χ2n) is 9.88. The molecular formula is C29H31N9O4. The lowest BCUT2D eigenvalue weighted by molar-refractivity contribution is 0.0642. The lowest BCUT2D eigenvalue weighted by Crippen LogP contribution is -2.32. The zero-order valence-corrected chi connectivity index (χ0v) is 23.4. The minimum Gasteiger partial charge on any atom is -0.495 e. The van der Waals surface area contributed by atoms with Gasteiger partial charge in [0.05, 0.1) is 24.9 Å². The Morgan fingerprint density at radius 2 is 1.95 bits per heavy atom. The van der Waals surface area contributed by atoms with E-state index in [1.807, 2.05) is 13.0 Å². The molecule has 0 aliphatic carbocycles. The smallest absolute Gasteiger partial charge is 0.251 e. The van der Waals surface area contributed by atoms with Crippen LogP contribution in [0, 0.1) is 17.2 Å². The van der Waals surface area contributed by atoms with Crippen LogP contribution in [0.25, 0.3) is 11.1 Å². The summed E-state index contributed by atoms with van der Waals surface area (Å²) < 4.78 is 18.5. The molecule has 4 aromatic rings. The maximum atomic E-state index is 12.8. The van der Waals surface area contributed by atoms with Crippen molar-refractivity contribution >= 4 is 17.5 Å². The van der Waals surface area contributed by atoms with Gasteiger partial charge in [-0.3, -0.25) is 4.79 Å². The number of nitrogens with zero attached hydrogens (tertiary/aromatic N) is 7. The van der Waals surface area contributed by atoms with Gasteiger partial charge in [-0.1, -0.05) is 6.07 Å². The number of methoxy groups -OCH3 is 1. The van der Waals surface area contributed by atoms with Gasteiger partial charge < -0.3 is 24.8 Å². The van der Waals surface area contributed by atoms with E-state index in [0.29, 0.717) is 53.3 Å². The molecule has 0 bridgehead atoms. The van der Waals surface area contributed by atoms with Gasteiger partial charge in [-0.25, -0.2) is 14.6 Å². The van der Waals surface area contributed by atoms with Crippen LogP contribution in [0.2, 0.25) is 0 Å². The van der Waals surface area contributed by atoms with Crippen molar-refractivity contribution in [2.75, 3.05) is 32.2 Å². The van der Waals surface area contributed by atoms with Crippen molar-refractivity contribution in [3.8, 4) is 28.7 Å². The summed E-state index contributed by atoms with van der Waals surface area (Å²) in [6.45, 7) is 4.38. The van der Waals surface area contributed by atoms with Crippen LogP contribution in [0.1, 0.15) is 35.7 Å². The van der Waals surface area contributed by atoms with Gasteiger partial charge >= 0.3 is 0 Å². The van der Waals surface area contributed by atoms with Crippen LogP contribution < -0.4 is 20.1 Å². The van der Waals surface area contributed by atoms with Crippen molar-refractivity contribution < 1.29 is 19.0 Å². The molecule has 0 radical (unpaired) electrons. The van der Waals surface area contributed by atoms with Crippen LogP contribution in [0.5, 0.6) is 11.5 Å². The second kappa shape index (κ2) is 13.5. The number of ether oxygens (including phenoxy) is 3. The minimum absolute atomic E-state index is 0.158.